The average Bonchev–Trinajstić information content (AvgIpc) is 2.87. The number of hydroxylamine groups is 1. The van der Waals surface area contributed by atoms with Gasteiger partial charge in [0.1, 0.15) is 0 Å². The molecule has 0 aromatic heterocycles. The molecule has 4 rings (SSSR count). The number of halogens is 1. The second-order valence-electron chi connectivity index (χ2n) is 7.89. The van der Waals surface area contributed by atoms with Crippen molar-refractivity contribution >= 4 is 29.6 Å². The van der Waals surface area contributed by atoms with Crippen LogP contribution in [0.25, 0.3) is 0 Å². The Hall–Kier alpha value is -3.35. The molecule has 0 bridgehead atoms. The molecule has 170 valence electrons. The molecule has 7 heteroatoms. The number of carbonyl (C=O) groups excluding carboxylic acids is 2. The summed E-state index contributed by atoms with van der Waals surface area (Å²) in [6.07, 6.45) is 1.57. The van der Waals surface area contributed by atoms with Gasteiger partial charge in [0.2, 0.25) is 6.41 Å². The van der Waals surface area contributed by atoms with Gasteiger partial charge in [0.25, 0.3) is 5.91 Å². The van der Waals surface area contributed by atoms with Crippen molar-refractivity contribution < 1.29 is 14.4 Å². The molecule has 1 fully saturated rings. The summed E-state index contributed by atoms with van der Waals surface area (Å²) in [7, 11) is 0. The number of piperazine rings is 1. The molecular formula is C26H26ClN3O3. The molecule has 0 spiro atoms. The Morgan fingerprint density at radius 3 is 2.21 bits per heavy atom. The van der Waals surface area contributed by atoms with Crippen LogP contribution in [0.3, 0.4) is 0 Å². The lowest BCUT2D eigenvalue weighted by Gasteiger charge is -2.34. The smallest absolute Gasteiger partial charge is 0.253 e. The summed E-state index contributed by atoms with van der Waals surface area (Å²) >= 11 is 5.95. The summed E-state index contributed by atoms with van der Waals surface area (Å²) in [6, 6.07) is 23.9. The average molecular weight is 464 g/mol. The summed E-state index contributed by atoms with van der Waals surface area (Å²) in [4.78, 5) is 34.3. The molecule has 1 heterocycles. The van der Waals surface area contributed by atoms with Gasteiger partial charge in [-0.05, 0) is 60.5 Å². The summed E-state index contributed by atoms with van der Waals surface area (Å²) < 4.78 is 0. The number of benzene rings is 3. The minimum absolute atomic E-state index is 0.000493. The van der Waals surface area contributed by atoms with Crippen molar-refractivity contribution in [2.45, 2.75) is 6.42 Å². The molecule has 0 atom stereocenters. The first-order chi connectivity index (χ1) is 16.1. The number of rotatable bonds is 8. The van der Waals surface area contributed by atoms with E-state index in [1.807, 2.05) is 35.2 Å². The Kier molecular flexibility index (Phi) is 7.60. The van der Waals surface area contributed by atoms with E-state index in [4.69, 9.17) is 16.4 Å². The summed E-state index contributed by atoms with van der Waals surface area (Å²) in [5, 5.41) is 1.89. The quantitative estimate of drug-likeness (QED) is 0.369. The number of nitrogens with zero attached hydrogens (tertiary/aromatic N) is 3. The van der Waals surface area contributed by atoms with Crippen molar-refractivity contribution in [3.63, 3.8) is 0 Å². The highest BCUT2D eigenvalue weighted by Crippen LogP contribution is 2.19. The second kappa shape index (κ2) is 11.0. The molecule has 33 heavy (non-hydrogen) atoms. The van der Waals surface area contributed by atoms with Crippen molar-refractivity contribution in [1.82, 2.24) is 9.80 Å². The molecule has 1 aliphatic rings. The van der Waals surface area contributed by atoms with E-state index in [9.17, 15) is 9.59 Å². The molecule has 1 saturated heterocycles. The molecule has 2 amide bonds. The number of anilines is 1. The third-order valence-electron chi connectivity index (χ3n) is 5.70. The van der Waals surface area contributed by atoms with E-state index < -0.39 is 0 Å². The van der Waals surface area contributed by atoms with Crippen LogP contribution in [0.1, 0.15) is 15.9 Å². The molecule has 1 aliphatic heterocycles. The molecule has 0 saturated carbocycles. The summed E-state index contributed by atoms with van der Waals surface area (Å²) in [6.45, 7) is 4.04. The fraction of sp³-hybridized carbons (Fsp3) is 0.231. The van der Waals surface area contributed by atoms with Crippen LogP contribution in [0.4, 0.5) is 5.69 Å². The normalized spacial score (nSPS) is 14.0. The minimum Gasteiger partial charge on any atom is -0.372 e. The van der Waals surface area contributed by atoms with Crippen LogP contribution in [0, 0.1) is 0 Å². The van der Waals surface area contributed by atoms with Gasteiger partial charge >= 0.3 is 0 Å². The lowest BCUT2D eigenvalue weighted by Crippen LogP contribution is -2.49. The molecule has 0 aliphatic carbocycles. The maximum Gasteiger partial charge on any atom is 0.253 e. The van der Waals surface area contributed by atoms with Crippen LogP contribution in [-0.2, 0) is 11.2 Å². The van der Waals surface area contributed by atoms with Crippen LogP contribution in [0.15, 0.2) is 78.9 Å². The van der Waals surface area contributed by atoms with Gasteiger partial charge in [-0.25, -0.2) is 0 Å². The highest BCUT2D eigenvalue weighted by atomic mass is 35.5. The lowest BCUT2D eigenvalue weighted by molar-refractivity contribution is -0.111. The number of carbonyl (C=O) groups is 2. The first kappa shape index (κ1) is 22.8. The van der Waals surface area contributed by atoms with Gasteiger partial charge < -0.3 is 9.74 Å². The summed E-state index contributed by atoms with van der Waals surface area (Å²) in [5.74, 6) is 0.555. The number of hydrogen-bond acceptors (Lipinski definition) is 4. The number of hydrogen-bond donors (Lipinski definition) is 0. The van der Waals surface area contributed by atoms with Crippen molar-refractivity contribution in [3.8, 4) is 5.75 Å². The van der Waals surface area contributed by atoms with E-state index in [0.29, 0.717) is 36.5 Å². The van der Waals surface area contributed by atoms with Gasteiger partial charge in [-0.15, -0.1) is 5.06 Å². The largest absolute Gasteiger partial charge is 0.372 e. The van der Waals surface area contributed by atoms with E-state index in [1.165, 1.54) is 5.56 Å². The third kappa shape index (κ3) is 6.12. The van der Waals surface area contributed by atoms with E-state index in [1.54, 1.807) is 36.4 Å². The standard InChI is InChI=1S/C26H26ClN3O3/c27-23-10-6-21(7-11-23)14-15-28-16-18-29(19-17-28)26(32)22-8-12-24(13-9-22)30(20-31)33-25-4-2-1-3-5-25/h1-13,20H,14-19H2. The lowest BCUT2D eigenvalue weighted by atomic mass is 10.1. The zero-order valence-corrected chi connectivity index (χ0v) is 19.0. The van der Waals surface area contributed by atoms with Crippen LogP contribution in [-0.4, -0.2) is 54.8 Å². The van der Waals surface area contributed by atoms with E-state index >= 15 is 0 Å². The van der Waals surface area contributed by atoms with Crippen molar-refractivity contribution in [2.24, 2.45) is 0 Å². The molecule has 6 nitrogen and oxygen atoms in total. The predicted molar refractivity (Wildman–Crippen MR) is 130 cm³/mol. The number of amides is 2. The molecular weight excluding hydrogens is 438 g/mol. The van der Waals surface area contributed by atoms with E-state index in [2.05, 4.69) is 17.0 Å². The van der Waals surface area contributed by atoms with Crippen molar-refractivity contribution in [1.29, 1.82) is 0 Å². The molecule has 0 N–H and O–H groups in total. The molecule has 3 aromatic carbocycles. The Bertz CT molecular complexity index is 1050. The van der Waals surface area contributed by atoms with E-state index in [-0.39, 0.29) is 5.91 Å². The minimum atomic E-state index is 0.000493. The zero-order chi connectivity index (χ0) is 23.0. The maximum absolute atomic E-state index is 12.9. The maximum atomic E-state index is 12.9. The Morgan fingerprint density at radius 2 is 1.58 bits per heavy atom. The molecule has 0 unspecified atom stereocenters. The Balaban J connectivity index is 1.28. The van der Waals surface area contributed by atoms with Crippen molar-refractivity contribution in [3.05, 3.63) is 95.0 Å². The van der Waals surface area contributed by atoms with Crippen LogP contribution < -0.4 is 9.90 Å². The fourth-order valence-electron chi connectivity index (χ4n) is 3.78. The van der Waals surface area contributed by atoms with E-state index in [0.717, 1.165) is 36.1 Å². The van der Waals surface area contributed by atoms with Gasteiger partial charge in [0.15, 0.2) is 5.75 Å². The Morgan fingerprint density at radius 1 is 0.909 bits per heavy atom. The van der Waals surface area contributed by atoms with Crippen LogP contribution in [0.5, 0.6) is 5.75 Å². The highest BCUT2D eigenvalue weighted by molar-refractivity contribution is 6.30. The van der Waals surface area contributed by atoms with Gasteiger partial charge in [-0.3, -0.25) is 14.5 Å². The van der Waals surface area contributed by atoms with Gasteiger partial charge in [0.05, 0.1) is 5.69 Å². The van der Waals surface area contributed by atoms with Gasteiger partial charge in [-0.2, -0.15) is 0 Å². The topological polar surface area (TPSA) is 53.1 Å². The molecule has 3 aromatic rings. The summed E-state index contributed by atoms with van der Waals surface area (Å²) in [5.41, 5.74) is 2.41. The number of para-hydroxylation sites is 1. The Labute approximate surface area is 198 Å². The first-order valence-electron chi connectivity index (χ1n) is 11.0. The first-order valence-corrected chi connectivity index (χ1v) is 11.3. The van der Waals surface area contributed by atoms with Gasteiger partial charge in [-0.1, -0.05) is 41.9 Å². The predicted octanol–water partition coefficient (Wildman–Crippen LogP) is 4.30. The highest BCUT2D eigenvalue weighted by Gasteiger charge is 2.22. The van der Waals surface area contributed by atoms with Crippen LogP contribution >= 0.6 is 11.6 Å². The van der Waals surface area contributed by atoms with Gasteiger partial charge in [0, 0.05) is 43.3 Å². The second-order valence-corrected chi connectivity index (χ2v) is 8.33. The molecule has 0 radical (unpaired) electrons. The zero-order valence-electron chi connectivity index (χ0n) is 18.3. The van der Waals surface area contributed by atoms with Crippen LogP contribution in [0.2, 0.25) is 5.02 Å². The monoisotopic (exact) mass is 463 g/mol. The van der Waals surface area contributed by atoms with Crippen molar-refractivity contribution in [2.75, 3.05) is 37.8 Å². The SMILES string of the molecule is O=CN(Oc1ccccc1)c1ccc(C(=O)N2CCN(CCc3ccc(Cl)cc3)CC2)cc1. The fourth-order valence-corrected chi connectivity index (χ4v) is 3.90. The third-order valence-corrected chi connectivity index (χ3v) is 5.95.